The molecule has 1 heterocycles. The molecule has 0 saturated heterocycles. The molecular weight excluding hydrogens is 336 g/mol. The quantitative estimate of drug-likeness (QED) is 0.377. The molecule has 0 bridgehead atoms. The molecular formula is C24H30O3. The summed E-state index contributed by atoms with van der Waals surface area (Å²) in [6, 6.07) is 6.41. The van der Waals surface area contributed by atoms with Gasteiger partial charge in [0.15, 0.2) is 0 Å². The van der Waals surface area contributed by atoms with Crippen molar-refractivity contribution in [3.8, 4) is 5.75 Å². The molecule has 1 aromatic carbocycles. The predicted molar refractivity (Wildman–Crippen MR) is 112 cm³/mol. The molecule has 1 aliphatic heterocycles. The van der Waals surface area contributed by atoms with Gasteiger partial charge in [-0.2, -0.15) is 0 Å². The van der Waals surface area contributed by atoms with Crippen molar-refractivity contribution >= 4 is 12.0 Å². The lowest BCUT2D eigenvalue weighted by Gasteiger charge is -2.23. The summed E-state index contributed by atoms with van der Waals surface area (Å²) in [4.78, 5) is 11.4. The summed E-state index contributed by atoms with van der Waals surface area (Å²) in [5.41, 5.74) is 5.68. The van der Waals surface area contributed by atoms with Crippen molar-refractivity contribution in [1.82, 2.24) is 0 Å². The normalized spacial score (nSPS) is 15.3. The molecule has 0 unspecified atom stereocenters. The first kappa shape index (κ1) is 20.8. The molecule has 27 heavy (non-hydrogen) atoms. The molecule has 0 spiro atoms. The number of hydrogen-bond donors (Lipinski definition) is 0. The highest BCUT2D eigenvalue weighted by molar-refractivity contribution is 5.83. The van der Waals surface area contributed by atoms with Crippen LogP contribution in [0.25, 0.3) is 6.08 Å². The van der Waals surface area contributed by atoms with Crippen LogP contribution in [0.5, 0.6) is 5.75 Å². The fourth-order valence-electron chi connectivity index (χ4n) is 2.74. The maximum absolute atomic E-state index is 11.4. The molecule has 3 nitrogen and oxygen atoms in total. The molecule has 0 aromatic heterocycles. The summed E-state index contributed by atoms with van der Waals surface area (Å²) in [7, 11) is 0. The summed E-state index contributed by atoms with van der Waals surface area (Å²) >= 11 is 0. The lowest BCUT2D eigenvalue weighted by Crippen LogP contribution is -2.13. The van der Waals surface area contributed by atoms with Gasteiger partial charge >= 0.3 is 5.97 Å². The Labute approximate surface area is 163 Å². The average molecular weight is 367 g/mol. The zero-order valence-electron chi connectivity index (χ0n) is 17.3. The van der Waals surface area contributed by atoms with E-state index < -0.39 is 0 Å². The minimum Gasteiger partial charge on any atom is -0.488 e. The highest BCUT2D eigenvalue weighted by atomic mass is 16.5. The lowest BCUT2D eigenvalue weighted by atomic mass is 9.85. The minimum atomic E-state index is -0.310. The Morgan fingerprint density at radius 2 is 2.00 bits per heavy atom. The molecule has 0 saturated carbocycles. The third kappa shape index (κ3) is 5.99. The van der Waals surface area contributed by atoms with Gasteiger partial charge in [-0.25, -0.2) is 4.79 Å². The zero-order valence-corrected chi connectivity index (χ0v) is 17.3. The second kappa shape index (κ2) is 8.90. The van der Waals surface area contributed by atoms with Crippen LogP contribution in [0.3, 0.4) is 0 Å². The van der Waals surface area contributed by atoms with Gasteiger partial charge in [-0.3, -0.25) is 0 Å². The Kier molecular flexibility index (Phi) is 6.84. The molecule has 2 rings (SSSR count). The number of rotatable bonds is 5. The third-order valence-corrected chi connectivity index (χ3v) is 4.43. The highest BCUT2D eigenvalue weighted by Crippen LogP contribution is 2.33. The van der Waals surface area contributed by atoms with Crippen molar-refractivity contribution in [2.75, 3.05) is 13.2 Å². The molecule has 0 atom stereocenters. The summed E-state index contributed by atoms with van der Waals surface area (Å²) in [5, 5.41) is 0. The number of carbonyl (C=O) groups is 1. The Bertz CT molecular complexity index is 815. The van der Waals surface area contributed by atoms with Crippen molar-refractivity contribution in [2.24, 2.45) is 0 Å². The second-order valence-electron chi connectivity index (χ2n) is 7.81. The number of esters is 1. The van der Waals surface area contributed by atoms with Crippen LogP contribution >= 0.6 is 0 Å². The Hall–Kier alpha value is -2.55. The Morgan fingerprint density at radius 3 is 2.67 bits per heavy atom. The Balaban J connectivity index is 2.16. The van der Waals surface area contributed by atoms with Crippen molar-refractivity contribution in [3.05, 3.63) is 70.3 Å². The lowest BCUT2D eigenvalue weighted by molar-refractivity contribution is -0.137. The number of carbonyl (C=O) groups excluding carboxylic acids is 1. The third-order valence-electron chi connectivity index (χ3n) is 4.43. The smallest absolute Gasteiger partial charge is 0.330 e. The van der Waals surface area contributed by atoms with E-state index in [0.29, 0.717) is 13.2 Å². The number of benzene rings is 1. The van der Waals surface area contributed by atoms with E-state index in [1.807, 2.05) is 25.2 Å². The molecule has 0 amide bonds. The van der Waals surface area contributed by atoms with Crippen LogP contribution in [-0.4, -0.2) is 19.2 Å². The van der Waals surface area contributed by atoms with E-state index >= 15 is 0 Å². The van der Waals surface area contributed by atoms with Crippen molar-refractivity contribution < 1.29 is 14.3 Å². The van der Waals surface area contributed by atoms with Crippen LogP contribution in [0.2, 0.25) is 0 Å². The number of fused-ring (bicyclic) bond motifs is 1. The first-order chi connectivity index (χ1) is 12.7. The van der Waals surface area contributed by atoms with Gasteiger partial charge in [-0.1, -0.05) is 45.1 Å². The van der Waals surface area contributed by atoms with E-state index in [1.165, 1.54) is 11.6 Å². The van der Waals surface area contributed by atoms with Crippen LogP contribution < -0.4 is 4.74 Å². The zero-order chi connectivity index (χ0) is 20.0. The van der Waals surface area contributed by atoms with Gasteiger partial charge in [-0.05, 0) is 66.7 Å². The summed E-state index contributed by atoms with van der Waals surface area (Å²) < 4.78 is 10.8. The van der Waals surface area contributed by atoms with Gasteiger partial charge in [0.05, 0.1) is 6.61 Å². The largest absolute Gasteiger partial charge is 0.488 e. The van der Waals surface area contributed by atoms with Gasteiger partial charge in [0, 0.05) is 11.6 Å². The van der Waals surface area contributed by atoms with E-state index in [-0.39, 0.29) is 11.4 Å². The summed E-state index contributed by atoms with van der Waals surface area (Å²) in [5.74, 6) is 0.623. The molecule has 0 aliphatic carbocycles. The van der Waals surface area contributed by atoms with Crippen molar-refractivity contribution in [2.45, 2.75) is 47.0 Å². The standard InChI is InChI=1S/C24H30O3/c1-7-26-23(25)13-17(2)9-8-10-18(3)20-14-19-15-21(24(4,5)6)11-12-22(19)27-16-20/h8-15H,7,16H2,1-6H3. The van der Waals surface area contributed by atoms with Crippen LogP contribution in [0.15, 0.2) is 59.2 Å². The topological polar surface area (TPSA) is 35.5 Å². The maximum Gasteiger partial charge on any atom is 0.330 e. The molecule has 1 aromatic rings. The van der Waals surface area contributed by atoms with Gasteiger partial charge in [0.25, 0.3) is 0 Å². The second-order valence-corrected chi connectivity index (χ2v) is 7.81. The van der Waals surface area contributed by atoms with Crippen LogP contribution in [0.4, 0.5) is 0 Å². The molecule has 0 N–H and O–H groups in total. The molecule has 0 radical (unpaired) electrons. The average Bonchev–Trinajstić information content (AvgIpc) is 2.60. The first-order valence-electron chi connectivity index (χ1n) is 9.39. The van der Waals surface area contributed by atoms with E-state index in [9.17, 15) is 4.79 Å². The van der Waals surface area contributed by atoms with E-state index in [0.717, 1.165) is 28.0 Å². The molecule has 3 heteroatoms. The van der Waals surface area contributed by atoms with Gasteiger partial charge in [0.1, 0.15) is 12.4 Å². The first-order valence-corrected chi connectivity index (χ1v) is 9.39. The van der Waals surface area contributed by atoms with Crippen LogP contribution in [0.1, 0.15) is 52.7 Å². The predicted octanol–water partition coefficient (Wildman–Crippen LogP) is 5.77. The van der Waals surface area contributed by atoms with E-state index in [4.69, 9.17) is 9.47 Å². The number of allylic oxidation sites excluding steroid dienone is 4. The SMILES string of the molecule is CCOC(=O)C=C(C)C=CC=C(C)C1=Cc2cc(C(C)(C)C)ccc2OC1. The fraction of sp³-hybridized carbons (Fsp3) is 0.375. The highest BCUT2D eigenvalue weighted by Gasteiger charge is 2.18. The van der Waals surface area contributed by atoms with Crippen molar-refractivity contribution in [1.29, 1.82) is 0 Å². The van der Waals surface area contributed by atoms with E-state index in [2.05, 4.69) is 52.0 Å². The van der Waals surface area contributed by atoms with Gasteiger partial charge < -0.3 is 9.47 Å². The monoisotopic (exact) mass is 366 g/mol. The summed E-state index contributed by atoms with van der Waals surface area (Å²) in [6.45, 7) is 13.3. The van der Waals surface area contributed by atoms with Crippen LogP contribution in [-0.2, 0) is 14.9 Å². The Morgan fingerprint density at radius 1 is 1.26 bits per heavy atom. The minimum absolute atomic E-state index is 0.108. The number of ether oxygens (including phenoxy) is 2. The van der Waals surface area contributed by atoms with Gasteiger partial charge in [0.2, 0.25) is 0 Å². The fourth-order valence-corrected chi connectivity index (χ4v) is 2.74. The van der Waals surface area contributed by atoms with Gasteiger partial charge in [-0.15, -0.1) is 0 Å². The maximum atomic E-state index is 11.4. The van der Waals surface area contributed by atoms with E-state index in [1.54, 1.807) is 6.92 Å². The molecule has 1 aliphatic rings. The summed E-state index contributed by atoms with van der Waals surface area (Å²) in [6.07, 6.45) is 9.58. The van der Waals surface area contributed by atoms with Crippen LogP contribution in [0, 0.1) is 0 Å². The molecule has 144 valence electrons. The van der Waals surface area contributed by atoms with Crippen molar-refractivity contribution in [3.63, 3.8) is 0 Å². The molecule has 0 fully saturated rings. The number of hydrogen-bond acceptors (Lipinski definition) is 3.